The van der Waals surface area contributed by atoms with Crippen LogP contribution in [0.2, 0.25) is 0 Å². The number of piperidine rings is 1. The highest BCUT2D eigenvalue weighted by Gasteiger charge is 2.12. The lowest BCUT2D eigenvalue weighted by molar-refractivity contribution is 0.389. The first-order valence-corrected chi connectivity index (χ1v) is 4.79. The summed E-state index contributed by atoms with van der Waals surface area (Å²) in [5.41, 5.74) is 0. The fourth-order valence-corrected chi connectivity index (χ4v) is 1.64. The van der Waals surface area contributed by atoms with Gasteiger partial charge in [-0.25, -0.2) is 4.98 Å². The van der Waals surface area contributed by atoms with Crippen LogP contribution in [0.5, 0.6) is 0 Å². The predicted molar refractivity (Wildman–Crippen MR) is 50.6 cm³/mol. The van der Waals surface area contributed by atoms with Crippen LogP contribution in [0.4, 0.5) is 6.01 Å². The Bertz CT molecular complexity index is 229. The first-order chi connectivity index (χ1) is 6.45. The summed E-state index contributed by atoms with van der Waals surface area (Å²) in [5.74, 6) is 0.709. The Hall–Kier alpha value is -1.03. The van der Waals surface area contributed by atoms with Crippen LogP contribution in [0, 0.1) is 5.92 Å². The minimum Gasteiger partial charge on any atom is -0.432 e. The Kier molecular flexibility index (Phi) is 2.82. The molecule has 1 atom stereocenters. The molecule has 1 saturated heterocycles. The Balaban J connectivity index is 1.72. The van der Waals surface area contributed by atoms with E-state index in [2.05, 4.69) is 15.6 Å². The molecule has 1 fully saturated rings. The van der Waals surface area contributed by atoms with E-state index in [1.165, 1.54) is 12.8 Å². The second kappa shape index (κ2) is 4.28. The fourth-order valence-electron chi connectivity index (χ4n) is 1.64. The quantitative estimate of drug-likeness (QED) is 0.732. The highest BCUT2D eigenvalue weighted by Crippen LogP contribution is 2.11. The normalized spacial score (nSPS) is 22.9. The molecule has 2 rings (SSSR count). The van der Waals surface area contributed by atoms with Gasteiger partial charge in [0.15, 0.2) is 0 Å². The van der Waals surface area contributed by atoms with E-state index >= 15 is 0 Å². The maximum atomic E-state index is 5.08. The monoisotopic (exact) mass is 181 g/mol. The van der Waals surface area contributed by atoms with Crippen molar-refractivity contribution in [2.45, 2.75) is 12.8 Å². The van der Waals surface area contributed by atoms with Crippen LogP contribution in [0.1, 0.15) is 12.8 Å². The van der Waals surface area contributed by atoms with Crippen LogP contribution in [-0.4, -0.2) is 24.6 Å². The third kappa shape index (κ3) is 2.45. The van der Waals surface area contributed by atoms with Crippen molar-refractivity contribution in [3.05, 3.63) is 12.5 Å². The predicted octanol–water partition coefficient (Wildman–Crippen LogP) is 1.09. The highest BCUT2D eigenvalue weighted by molar-refractivity contribution is 5.17. The smallest absolute Gasteiger partial charge is 0.294 e. The summed E-state index contributed by atoms with van der Waals surface area (Å²) in [6.45, 7) is 3.22. The molecule has 72 valence electrons. The Morgan fingerprint density at radius 1 is 1.69 bits per heavy atom. The number of hydrogen-bond acceptors (Lipinski definition) is 4. The van der Waals surface area contributed by atoms with E-state index in [-0.39, 0.29) is 0 Å². The van der Waals surface area contributed by atoms with Gasteiger partial charge in [0, 0.05) is 6.54 Å². The Morgan fingerprint density at radius 2 is 2.69 bits per heavy atom. The zero-order valence-electron chi connectivity index (χ0n) is 7.62. The molecule has 0 bridgehead atoms. The standard InChI is InChI=1S/C9H15N3O/c1-2-8(6-10-3-1)7-12-9-11-4-5-13-9/h4-5,8,10H,1-3,6-7H2,(H,11,12). The lowest BCUT2D eigenvalue weighted by atomic mass is 10.00. The summed E-state index contributed by atoms with van der Waals surface area (Å²) in [6.07, 6.45) is 5.81. The van der Waals surface area contributed by atoms with E-state index in [1.807, 2.05) is 0 Å². The number of nitrogens with one attached hydrogen (secondary N) is 2. The minimum absolute atomic E-state index is 0.630. The molecule has 2 N–H and O–H groups in total. The van der Waals surface area contributed by atoms with Crippen molar-refractivity contribution >= 4 is 6.01 Å². The first kappa shape index (κ1) is 8.56. The molecule has 2 heterocycles. The Labute approximate surface area is 77.7 Å². The number of oxazole rings is 1. The minimum atomic E-state index is 0.630. The molecule has 1 unspecified atom stereocenters. The molecule has 1 aromatic rings. The second-order valence-corrected chi connectivity index (χ2v) is 3.43. The summed E-state index contributed by atoms with van der Waals surface area (Å²) in [7, 11) is 0. The van der Waals surface area contributed by atoms with Crippen molar-refractivity contribution < 1.29 is 4.42 Å². The summed E-state index contributed by atoms with van der Waals surface area (Å²) in [6, 6.07) is 0.630. The molecule has 4 heteroatoms. The van der Waals surface area contributed by atoms with E-state index in [9.17, 15) is 0 Å². The molecule has 1 aliphatic rings. The number of aromatic nitrogens is 1. The summed E-state index contributed by atoms with van der Waals surface area (Å²) < 4.78 is 5.08. The molecule has 1 aliphatic heterocycles. The highest BCUT2D eigenvalue weighted by atomic mass is 16.4. The number of anilines is 1. The SMILES string of the molecule is c1coc(NCC2CCCNC2)n1. The van der Waals surface area contributed by atoms with Gasteiger partial charge in [0.1, 0.15) is 6.26 Å². The van der Waals surface area contributed by atoms with Crippen LogP contribution in [-0.2, 0) is 0 Å². The largest absolute Gasteiger partial charge is 0.432 e. The molecule has 1 aromatic heterocycles. The maximum absolute atomic E-state index is 5.08. The second-order valence-electron chi connectivity index (χ2n) is 3.43. The van der Waals surface area contributed by atoms with Gasteiger partial charge >= 0.3 is 0 Å². The van der Waals surface area contributed by atoms with Gasteiger partial charge < -0.3 is 15.1 Å². The zero-order chi connectivity index (χ0) is 8.93. The van der Waals surface area contributed by atoms with Crippen LogP contribution in [0.3, 0.4) is 0 Å². The molecule has 0 saturated carbocycles. The number of hydrogen-bond donors (Lipinski definition) is 2. The summed E-state index contributed by atoms with van der Waals surface area (Å²) in [5, 5.41) is 6.55. The van der Waals surface area contributed by atoms with Gasteiger partial charge in [0.05, 0.1) is 6.20 Å². The molecule has 13 heavy (non-hydrogen) atoms. The van der Waals surface area contributed by atoms with Gasteiger partial charge in [-0.15, -0.1) is 0 Å². The van der Waals surface area contributed by atoms with Crippen molar-refractivity contribution in [3.63, 3.8) is 0 Å². The van der Waals surface area contributed by atoms with Crippen molar-refractivity contribution in [2.24, 2.45) is 5.92 Å². The van der Waals surface area contributed by atoms with Gasteiger partial charge in [-0.3, -0.25) is 0 Å². The third-order valence-electron chi connectivity index (χ3n) is 2.37. The van der Waals surface area contributed by atoms with Crippen LogP contribution in [0.15, 0.2) is 16.9 Å². The molecule has 0 aliphatic carbocycles. The van der Waals surface area contributed by atoms with Crippen molar-refractivity contribution in [2.75, 3.05) is 25.0 Å². The van der Waals surface area contributed by atoms with Gasteiger partial charge in [0.25, 0.3) is 6.01 Å². The van der Waals surface area contributed by atoms with Gasteiger partial charge in [-0.2, -0.15) is 0 Å². The van der Waals surface area contributed by atoms with Gasteiger partial charge in [-0.05, 0) is 31.8 Å². The molecule has 0 amide bonds. The number of nitrogens with zero attached hydrogens (tertiary/aromatic N) is 1. The van der Waals surface area contributed by atoms with E-state index in [1.54, 1.807) is 12.5 Å². The Morgan fingerprint density at radius 3 is 3.38 bits per heavy atom. The lowest BCUT2D eigenvalue weighted by Crippen LogP contribution is -2.33. The third-order valence-corrected chi connectivity index (χ3v) is 2.37. The van der Waals surface area contributed by atoms with Gasteiger partial charge in [-0.1, -0.05) is 0 Å². The molecular formula is C9H15N3O. The van der Waals surface area contributed by atoms with Crippen LogP contribution >= 0.6 is 0 Å². The zero-order valence-corrected chi connectivity index (χ0v) is 7.62. The average Bonchev–Trinajstić information content (AvgIpc) is 2.69. The van der Waals surface area contributed by atoms with E-state index < -0.39 is 0 Å². The summed E-state index contributed by atoms with van der Waals surface area (Å²) in [4.78, 5) is 4.00. The average molecular weight is 181 g/mol. The molecule has 0 spiro atoms. The fraction of sp³-hybridized carbons (Fsp3) is 0.667. The topological polar surface area (TPSA) is 50.1 Å². The van der Waals surface area contributed by atoms with Gasteiger partial charge in [0.2, 0.25) is 0 Å². The summed E-state index contributed by atoms with van der Waals surface area (Å²) >= 11 is 0. The van der Waals surface area contributed by atoms with E-state index in [0.29, 0.717) is 11.9 Å². The van der Waals surface area contributed by atoms with Crippen molar-refractivity contribution in [1.29, 1.82) is 0 Å². The first-order valence-electron chi connectivity index (χ1n) is 4.79. The van der Waals surface area contributed by atoms with Crippen molar-refractivity contribution in [1.82, 2.24) is 10.3 Å². The maximum Gasteiger partial charge on any atom is 0.294 e. The number of rotatable bonds is 3. The molecule has 0 aromatic carbocycles. The van der Waals surface area contributed by atoms with E-state index in [4.69, 9.17) is 4.42 Å². The molecular weight excluding hydrogens is 166 g/mol. The molecule has 4 nitrogen and oxygen atoms in total. The molecule has 0 radical (unpaired) electrons. The lowest BCUT2D eigenvalue weighted by Gasteiger charge is -2.22. The van der Waals surface area contributed by atoms with Crippen LogP contribution < -0.4 is 10.6 Å². The van der Waals surface area contributed by atoms with E-state index in [0.717, 1.165) is 19.6 Å². The van der Waals surface area contributed by atoms with Crippen molar-refractivity contribution in [3.8, 4) is 0 Å². The van der Waals surface area contributed by atoms with Crippen LogP contribution in [0.25, 0.3) is 0 Å².